The normalized spacial score (nSPS) is 33.3. The van der Waals surface area contributed by atoms with E-state index in [4.69, 9.17) is 11.6 Å². The van der Waals surface area contributed by atoms with E-state index in [9.17, 15) is 4.79 Å². The molecule has 0 N–H and O–H groups in total. The molecule has 0 spiro atoms. The molecule has 1 aliphatic carbocycles. The molecule has 3 atom stereocenters. The number of hydrogen-bond donors (Lipinski definition) is 0. The van der Waals surface area contributed by atoms with E-state index in [2.05, 4.69) is 4.90 Å². The Kier molecular flexibility index (Phi) is 3.55. The Morgan fingerprint density at radius 3 is 2.67 bits per heavy atom. The van der Waals surface area contributed by atoms with Crippen LogP contribution in [0.15, 0.2) is 0 Å². The molecule has 1 saturated carbocycles. The summed E-state index contributed by atoms with van der Waals surface area (Å²) < 4.78 is 0. The first-order chi connectivity index (χ1) is 7.20. The Hall–Kier alpha value is -0.240. The molecule has 86 valence electrons. The first-order valence-electron chi connectivity index (χ1n) is 6.14. The van der Waals surface area contributed by atoms with Crippen LogP contribution in [0.3, 0.4) is 0 Å². The number of carbonyl (C=O) groups excluding carboxylic acids is 1. The molecular formula is C12H20ClNO. The zero-order valence-corrected chi connectivity index (χ0v) is 10.2. The topological polar surface area (TPSA) is 20.3 Å². The van der Waals surface area contributed by atoms with Crippen molar-refractivity contribution < 1.29 is 4.79 Å². The van der Waals surface area contributed by atoms with Crippen molar-refractivity contribution >= 4 is 17.5 Å². The van der Waals surface area contributed by atoms with E-state index < -0.39 is 0 Å². The van der Waals surface area contributed by atoms with Gasteiger partial charge in [-0.25, -0.2) is 0 Å². The van der Waals surface area contributed by atoms with Gasteiger partial charge in [-0.1, -0.05) is 12.8 Å². The average molecular weight is 230 g/mol. The number of carbonyl (C=O) groups is 1. The third-order valence-electron chi connectivity index (χ3n) is 3.87. The van der Waals surface area contributed by atoms with Crippen molar-refractivity contribution in [3.63, 3.8) is 0 Å². The standard InChI is InChI=1S/C12H20ClNO/c1-9(13)12(15)14-8-4-6-10-5-2-3-7-11(10)14/h9-11H,2-8H2,1H3/t9?,10-,11-/m0/s1. The van der Waals surface area contributed by atoms with Crippen molar-refractivity contribution in [1.82, 2.24) is 4.90 Å². The monoisotopic (exact) mass is 229 g/mol. The van der Waals surface area contributed by atoms with Gasteiger partial charge < -0.3 is 4.90 Å². The van der Waals surface area contributed by atoms with Gasteiger partial charge in [0, 0.05) is 12.6 Å². The molecule has 0 aromatic heterocycles. The molecule has 1 heterocycles. The number of halogens is 1. The highest BCUT2D eigenvalue weighted by molar-refractivity contribution is 6.30. The summed E-state index contributed by atoms with van der Waals surface area (Å²) in [6, 6.07) is 0.501. The molecule has 1 saturated heterocycles. The minimum atomic E-state index is -0.356. The van der Waals surface area contributed by atoms with Crippen LogP contribution in [0.25, 0.3) is 0 Å². The van der Waals surface area contributed by atoms with Gasteiger partial charge >= 0.3 is 0 Å². The van der Waals surface area contributed by atoms with Crippen LogP contribution in [-0.2, 0) is 4.79 Å². The van der Waals surface area contributed by atoms with Gasteiger partial charge in [0.05, 0.1) is 0 Å². The Balaban J connectivity index is 2.06. The molecule has 0 aromatic carbocycles. The number of piperidine rings is 1. The van der Waals surface area contributed by atoms with Crippen molar-refractivity contribution in [3.8, 4) is 0 Å². The molecule has 0 bridgehead atoms. The van der Waals surface area contributed by atoms with Gasteiger partial charge in [0.2, 0.25) is 5.91 Å². The van der Waals surface area contributed by atoms with Gasteiger partial charge in [-0.3, -0.25) is 4.79 Å². The molecule has 1 aliphatic heterocycles. The summed E-state index contributed by atoms with van der Waals surface area (Å²) in [5.41, 5.74) is 0. The fourth-order valence-corrected chi connectivity index (χ4v) is 3.25. The van der Waals surface area contributed by atoms with Gasteiger partial charge in [-0.15, -0.1) is 11.6 Å². The van der Waals surface area contributed by atoms with Crippen LogP contribution >= 0.6 is 11.6 Å². The minimum Gasteiger partial charge on any atom is -0.338 e. The van der Waals surface area contributed by atoms with E-state index in [1.807, 2.05) is 0 Å². The number of nitrogens with zero attached hydrogens (tertiary/aromatic N) is 1. The molecule has 1 amide bonds. The lowest BCUT2D eigenvalue weighted by atomic mass is 9.78. The second-order valence-corrected chi connectivity index (χ2v) is 5.56. The predicted octanol–water partition coefficient (Wildman–Crippen LogP) is 2.79. The van der Waals surface area contributed by atoms with E-state index in [1.54, 1.807) is 6.92 Å². The number of fused-ring (bicyclic) bond motifs is 1. The number of likely N-dealkylation sites (tertiary alicyclic amines) is 1. The Morgan fingerprint density at radius 1 is 1.27 bits per heavy atom. The zero-order chi connectivity index (χ0) is 10.8. The molecule has 0 aromatic rings. The molecule has 2 fully saturated rings. The maximum Gasteiger partial charge on any atom is 0.240 e. The van der Waals surface area contributed by atoms with Crippen LogP contribution in [0.2, 0.25) is 0 Å². The summed E-state index contributed by atoms with van der Waals surface area (Å²) >= 11 is 5.90. The molecule has 3 heteroatoms. The van der Waals surface area contributed by atoms with Crippen LogP contribution in [-0.4, -0.2) is 28.8 Å². The smallest absolute Gasteiger partial charge is 0.240 e. The summed E-state index contributed by atoms with van der Waals surface area (Å²) in [6.45, 7) is 2.72. The summed E-state index contributed by atoms with van der Waals surface area (Å²) in [7, 11) is 0. The molecule has 2 nitrogen and oxygen atoms in total. The van der Waals surface area contributed by atoms with E-state index in [-0.39, 0.29) is 11.3 Å². The van der Waals surface area contributed by atoms with Gasteiger partial charge in [0.15, 0.2) is 0 Å². The summed E-state index contributed by atoms with van der Waals surface area (Å²) in [5, 5.41) is -0.356. The molecular weight excluding hydrogens is 210 g/mol. The Bertz CT molecular complexity index is 240. The minimum absolute atomic E-state index is 0.147. The van der Waals surface area contributed by atoms with Gasteiger partial charge in [-0.05, 0) is 38.5 Å². The largest absolute Gasteiger partial charge is 0.338 e. The van der Waals surface area contributed by atoms with Gasteiger partial charge in [-0.2, -0.15) is 0 Å². The SMILES string of the molecule is CC(Cl)C(=O)N1CCC[C@@H]2CCCC[C@@H]21. The molecule has 0 radical (unpaired) electrons. The Morgan fingerprint density at radius 2 is 1.93 bits per heavy atom. The summed E-state index contributed by atoms with van der Waals surface area (Å²) in [4.78, 5) is 14.0. The van der Waals surface area contributed by atoms with E-state index in [0.717, 1.165) is 18.9 Å². The number of amides is 1. The average Bonchev–Trinajstić information content (AvgIpc) is 2.27. The van der Waals surface area contributed by atoms with Crippen molar-refractivity contribution in [1.29, 1.82) is 0 Å². The van der Waals surface area contributed by atoms with Crippen molar-refractivity contribution in [2.75, 3.05) is 6.54 Å². The fourth-order valence-electron chi connectivity index (χ4n) is 3.13. The first kappa shape index (κ1) is 11.3. The van der Waals surface area contributed by atoms with Crippen LogP contribution in [0.4, 0.5) is 0 Å². The van der Waals surface area contributed by atoms with Crippen LogP contribution in [0.5, 0.6) is 0 Å². The maximum absolute atomic E-state index is 11.9. The van der Waals surface area contributed by atoms with E-state index in [1.165, 1.54) is 32.1 Å². The quantitative estimate of drug-likeness (QED) is 0.634. The number of rotatable bonds is 1. The molecule has 1 unspecified atom stereocenters. The fraction of sp³-hybridized carbons (Fsp3) is 0.917. The van der Waals surface area contributed by atoms with Crippen LogP contribution in [0, 0.1) is 5.92 Å². The highest BCUT2D eigenvalue weighted by Gasteiger charge is 2.36. The highest BCUT2D eigenvalue weighted by Crippen LogP contribution is 2.35. The maximum atomic E-state index is 11.9. The molecule has 15 heavy (non-hydrogen) atoms. The zero-order valence-electron chi connectivity index (χ0n) is 9.42. The summed E-state index contributed by atoms with van der Waals surface area (Å²) in [5.74, 6) is 0.903. The second-order valence-electron chi connectivity index (χ2n) is 4.90. The van der Waals surface area contributed by atoms with Crippen LogP contribution in [0.1, 0.15) is 45.4 Å². The predicted molar refractivity (Wildman–Crippen MR) is 62.0 cm³/mol. The number of hydrogen-bond acceptors (Lipinski definition) is 1. The van der Waals surface area contributed by atoms with Crippen molar-refractivity contribution in [2.45, 2.75) is 56.9 Å². The summed E-state index contributed by atoms with van der Waals surface area (Å²) in [6.07, 6.45) is 7.61. The van der Waals surface area contributed by atoms with Crippen LogP contribution < -0.4 is 0 Å². The van der Waals surface area contributed by atoms with Crippen molar-refractivity contribution in [3.05, 3.63) is 0 Å². The molecule has 2 rings (SSSR count). The highest BCUT2D eigenvalue weighted by atomic mass is 35.5. The van der Waals surface area contributed by atoms with Gasteiger partial charge in [0.1, 0.15) is 5.38 Å². The lowest BCUT2D eigenvalue weighted by Gasteiger charge is -2.44. The van der Waals surface area contributed by atoms with E-state index in [0.29, 0.717) is 6.04 Å². The Labute approximate surface area is 97.0 Å². The van der Waals surface area contributed by atoms with Crippen molar-refractivity contribution in [2.24, 2.45) is 5.92 Å². The lowest BCUT2D eigenvalue weighted by molar-refractivity contribution is -0.136. The molecule has 2 aliphatic rings. The lowest BCUT2D eigenvalue weighted by Crippen LogP contribution is -2.51. The first-order valence-corrected chi connectivity index (χ1v) is 6.58. The van der Waals surface area contributed by atoms with E-state index >= 15 is 0 Å². The number of alkyl halides is 1. The van der Waals surface area contributed by atoms with Gasteiger partial charge in [0.25, 0.3) is 0 Å². The third kappa shape index (κ3) is 2.30. The third-order valence-corrected chi connectivity index (χ3v) is 4.05. The second kappa shape index (κ2) is 4.73.